The Hall–Kier alpha value is -3.59. The van der Waals surface area contributed by atoms with Crippen molar-refractivity contribution in [2.75, 3.05) is 5.32 Å². The highest BCUT2D eigenvalue weighted by molar-refractivity contribution is 5.64. The third kappa shape index (κ3) is 4.17. The van der Waals surface area contributed by atoms with Gasteiger partial charge >= 0.3 is 0 Å². The highest BCUT2D eigenvalue weighted by Crippen LogP contribution is 2.27. The molecule has 0 saturated heterocycles. The Bertz CT molecular complexity index is 1180. The van der Waals surface area contributed by atoms with Gasteiger partial charge in [0.15, 0.2) is 5.75 Å². The van der Waals surface area contributed by atoms with Gasteiger partial charge < -0.3 is 15.8 Å². The lowest BCUT2D eigenvalue weighted by molar-refractivity contribution is 0.410. The van der Waals surface area contributed by atoms with Crippen molar-refractivity contribution in [1.82, 2.24) is 29.3 Å². The second-order valence-corrected chi connectivity index (χ2v) is 7.89. The molecule has 0 spiro atoms. The van der Waals surface area contributed by atoms with Crippen molar-refractivity contribution in [2.45, 2.75) is 44.7 Å². The largest absolute Gasteiger partial charge is 0.453 e. The zero-order valence-electron chi connectivity index (χ0n) is 17.3. The number of aryl methyl sites for hydroxylation is 1. The van der Waals surface area contributed by atoms with Gasteiger partial charge in [-0.25, -0.2) is 24.9 Å². The molecule has 9 heteroatoms. The zero-order chi connectivity index (χ0) is 21.2. The molecule has 158 valence electrons. The summed E-state index contributed by atoms with van der Waals surface area (Å²) in [6, 6.07) is 4.44. The number of nitrogens with two attached hydrogens (primary N) is 1. The monoisotopic (exact) mass is 416 g/mol. The Morgan fingerprint density at radius 3 is 2.61 bits per heavy atom. The number of ether oxygens (including phenoxy) is 1. The molecule has 1 aliphatic rings. The number of fused-ring (bicyclic) bond motifs is 1. The summed E-state index contributed by atoms with van der Waals surface area (Å²) in [4.78, 5) is 21.8. The molecule has 1 fully saturated rings. The molecule has 5 rings (SSSR count). The fraction of sp³-hybridized carbons (Fsp3) is 0.318. The molecule has 0 bridgehead atoms. The summed E-state index contributed by atoms with van der Waals surface area (Å²) in [7, 11) is 0. The minimum Gasteiger partial charge on any atom is -0.453 e. The molecule has 4 aromatic rings. The standard InChI is InChI=1S/C22H24N8O/c1-14-8-27-22(28-16-4-2-15(23)3-5-16)29-21(14)19-11-26-20-7-6-17(12-30(19)20)31-18-9-24-13-25-10-18/h6-13,15-16H,2-5,23H2,1H3,(H,27,28,29)/t15-,16-. The Kier molecular flexibility index (Phi) is 5.17. The van der Waals surface area contributed by atoms with E-state index in [1.54, 1.807) is 12.4 Å². The summed E-state index contributed by atoms with van der Waals surface area (Å²) in [6.07, 6.45) is 14.4. The van der Waals surface area contributed by atoms with Crippen LogP contribution in [0.25, 0.3) is 17.0 Å². The van der Waals surface area contributed by atoms with Gasteiger partial charge in [0.25, 0.3) is 0 Å². The van der Waals surface area contributed by atoms with Gasteiger partial charge in [-0.3, -0.25) is 4.40 Å². The van der Waals surface area contributed by atoms with Crippen LogP contribution in [0.2, 0.25) is 0 Å². The second-order valence-electron chi connectivity index (χ2n) is 7.89. The normalized spacial score (nSPS) is 18.8. The van der Waals surface area contributed by atoms with Crippen molar-refractivity contribution in [3.8, 4) is 22.9 Å². The molecule has 4 heterocycles. The van der Waals surface area contributed by atoms with Gasteiger partial charge in [-0.05, 0) is 50.3 Å². The second kappa shape index (κ2) is 8.27. The molecule has 0 atom stereocenters. The number of anilines is 1. The van der Waals surface area contributed by atoms with Crippen LogP contribution in [0.1, 0.15) is 31.2 Å². The maximum absolute atomic E-state index is 6.03. The molecule has 9 nitrogen and oxygen atoms in total. The Labute approximate surface area is 179 Å². The third-order valence-corrected chi connectivity index (χ3v) is 5.57. The van der Waals surface area contributed by atoms with Crippen LogP contribution in [0, 0.1) is 6.92 Å². The molecule has 0 radical (unpaired) electrons. The van der Waals surface area contributed by atoms with Gasteiger partial charge in [0.1, 0.15) is 17.7 Å². The quantitative estimate of drug-likeness (QED) is 0.509. The molecular formula is C22H24N8O. The average Bonchev–Trinajstić information content (AvgIpc) is 3.20. The molecule has 4 aromatic heterocycles. The van der Waals surface area contributed by atoms with Gasteiger partial charge in [-0.2, -0.15) is 0 Å². The molecule has 0 amide bonds. The number of imidazole rings is 1. The Morgan fingerprint density at radius 2 is 1.81 bits per heavy atom. The molecule has 0 aliphatic heterocycles. The zero-order valence-corrected chi connectivity index (χ0v) is 17.3. The van der Waals surface area contributed by atoms with E-state index in [0.717, 1.165) is 48.3 Å². The summed E-state index contributed by atoms with van der Waals surface area (Å²) in [6.45, 7) is 2.00. The van der Waals surface area contributed by atoms with Crippen LogP contribution in [0.3, 0.4) is 0 Å². The van der Waals surface area contributed by atoms with Crippen molar-refractivity contribution < 1.29 is 4.74 Å². The van der Waals surface area contributed by atoms with Gasteiger partial charge in [0, 0.05) is 18.3 Å². The summed E-state index contributed by atoms with van der Waals surface area (Å²) in [5.74, 6) is 1.86. The molecule has 0 unspecified atom stereocenters. The van der Waals surface area contributed by atoms with E-state index in [0.29, 0.717) is 29.5 Å². The van der Waals surface area contributed by atoms with E-state index in [-0.39, 0.29) is 0 Å². The lowest BCUT2D eigenvalue weighted by Gasteiger charge is -2.26. The van der Waals surface area contributed by atoms with Crippen LogP contribution in [0.4, 0.5) is 5.95 Å². The number of nitrogens with zero attached hydrogens (tertiary/aromatic N) is 6. The first-order valence-electron chi connectivity index (χ1n) is 10.4. The van der Waals surface area contributed by atoms with E-state index < -0.39 is 0 Å². The first-order valence-corrected chi connectivity index (χ1v) is 10.4. The summed E-state index contributed by atoms with van der Waals surface area (Å²) >= 11 is 0. The van der Waals surface area contributed by atoms with Crippen molar-refractivity contribution in [3.63, 3.8) is 0 Å². The van der Waals surface area contributed by atoms with Crippen LogP contribution in [-0.4, -0.2) is 41.4 Å². The highest BCUT2D eigenvalue weighted by Gasteiger charge is 2.20. The van der Waals surface area contributed by atoms with Crippen LogP contribution in [0.5, 0.6) is 11.5 Å². The number of aromatic nitrogens is 6. The van der Waals surface area contributed by atoms with Crippen LogP contribution >= 0.6 is 0 Å². The van der Waals surface area contributed by atoms with Gasteiger partial charge in [-0.15, -0.1) is 0 Å². The molecule has 1 saturated carbocycles. The maximum atomic E-state index is 6.03. The molecule has 0 aromatic carbocycles. The lowest BCUT2D eigenvalue weighted by Crippen LogP contribution is -2.33. The van der Waals surface area contributed by atoms with Crippen molar-refractivity contribution >= 4 is 11.6 Å². The van der Waals surface area contributed by atoms with Crippen molar-refractivity contribution in [2.24, 2.45) is 5.73 Å². The van der Waals surface area contributed by atoms with E-state index in [1.807, 2.05) is 42.0 Å². The number of nitrogens with one attached hydrogen (secondary N) is 1. The first-order chi connectivity index (χ1) is 15.2. The van der Waals surface area contributed by atoms with Gasteiger partial charge in [0.2, 0.25) is 5.95 Å². The Balaban J connectivity index is 1.45. The predicted octanol–water partition coefficient (Wildman–Crippen LogP) is 3.36. The average molecular weight is 416 g/mol. The van der Waals surface area contributed by atoms with E-state index in [9.17, 15) is 0 Å². The number of hydrogen-bond acceptors (Lipinski definition) is 8. The topological polar surface area (TPSA) is 116 Å². The molecule has 3 N–H and O–H groups in total. The minimum atomic E-state index is 0.310. The fourth-order valence-electron chi connectivity index (χ4n) is 3.89. The molecule has 31 heavy (non-hydrogen) atoms. The third-order valence-electron chi connectivity index (χ3n) is 5.57. The SMILES string of the molecule is Cc1cnc(N[C@H]2CC[C@H](N)CC2)nc1-c1cnc2ccc(Oc3cncnc3)cn12. The van der Waals surface area contributed by atoms with Crippen LogP contribution < -0.4 is 15.8 Å². The molecular weight excluding hydrogens is 392 g/mol. The van der Waals surface area contributed by atoms with Crippen LogP contribution in [0.15, 0.2) is 49.4 Å². The number of rotatable bonds is 5. The fourth-order valence-corrected chi connectivity index (χ4v) is 3.89. The Morgan fingerprint density at radius 1 is 1.00 bits per heavy atom. The lowest BCUT2D eigenvalue weighted by atomic mass is 9.92. The van der Waals surface area contributed by atoms with Crippen molar-refractivity contribution in [3.05, 3.63) is 55.0 Å². The van der Waals surface area contributed by atoms with E-state index in [2.05, 4.69) is 25.3 Å². The summed E-state index contributed by atoms with van der Waals surface area (Å²) in [5.41, 5.74) is 9.51. The maximum Gasteiger partial charge on any atom is 0.223 e. The number of pyridine rings is 1. The predicted molar refractivity (Wildman–Crippen MR) is 117 cm³/mol. The van der Waals surface area contributed by atoms with E-state index in [1.165, 1.54) is 6.33 Å². The highest BCUT2D eigenvalue weighted by atomic mass is 16.5. The summed E-state index contributed by atoms with van der Waals surface area (Å²) < 4.78 is 7.85. The summed E-state index contributed by atoms with van der Waals surface area (Å²) in [5, 5.41) is 3.48. The first kappa shape index (κ1) is 19.4. The van der Waals surface area contributed by atoms with Crippen molar-refractivity contribution in [1.29, 1.82) is 0 Å². The van der Waals surface area contributed by atoms with E-state index in [4.69, 9.17) is 15.5 Å². The van der Waals surface area contributed by atoms with Crippen LogP contribution in [-0.2, 0) is 0 Å². The van der Waals surface area contributed by atoms with Gasteiger partial charge in [-0.1, -0.05) is 0 Å². The number of hydrogen-bond donors (Lipinski definition) is 2. The minimum absolute atomic E-state index is 0.310. The van der Waals surface area contributed by atoms with E-state index >= 15 is 0 Å². The smallest absolute Gasteiger partial charge is 0.223 e. The van der Waals surface area contributed by atoms with Gasteiger partial charge in [0.05, 0.1) is 36.2 Å². The molecule has 1 aliphatic carbocycles.